The van der Waals surface area contributed by atoms with Crippen LogP contribution in [-0.4, -0.2) is 49.1 Å². The van der Waals surface area contributed by atoms with Crippen LogP contribution in [0.3, 0.4) is 0 Å². The second kappa shape index (κ2) is 7.61. The first-order valence-corrected chi connectivity index (χ1v) is 7.72. The minimum atomic E-state index is -0.0984. The van der Waals surface area contributed by atoms with Crippen LogP contribution in [0.4, 0.5) is 5.82 Å². The average molecular weight is 312 g/mol. The Morgan fingerprint density at radius 1 is 1.57 bits per heavy atom. The van der Waals surface area contributed by atoms with Crippen LogP contribution in [0.25, 0.3) is 0 Å². The molecule has 1 saturated heterocycles. The van der Waals surface area contributed by atoms with E-state index in [1.54, 1.807) is 19.2 Å². The van der Waals surface area contributed by atoms with Crippen LogP contribution in [0.5, 0.6) is 0 Å². The van der Waals surface area contributed by atoms with Crippen LogP contribution in [0, 0.1) is 5.92 Å². The molecule has 1 amide bonds. The maximum Gasteiger partial charge on any atom is 0.274 e. The highest BCUT2D eigenvalue weighted by Gasteiger charge is 2.28. The first-order chi connectivity index (χ1) is 10.2. The Hall–Kier alpha value is -1.33. The SMILES string of the molecule is CCCNc1ccc(Cl)c(C(=O)N2CCC(COC)C2)n1. The van der Waals surface area contributed by atoms with Gasteiger partial charge in [-0.15, -0.1) is 0 Å². The molecule has 0 aliphatic carbocycles. The first-order valence-electron chi connectivity index (χ1n) is 7.34. The minimum Gasteiger partial charge on any atom is -0.384 e. The summed E-state index contributed by atoms with van der Waals surface area (Å²) in [6.07, 6.45) is 1.96. The van der Waals surface area contributed by atoms with Gasteiger partial charge < -0.3 is 15.0 Å². The van der Waals surface area contributed by atoms with Crippen molar-refractivity contribution in [2.45, 2.75) is 19.8 Å². The Bertz CT molecular complexity index is 496. The predicted octanol–water partition coefficient (Wildman–Crippen LogP) is 2.67. The van der Waals surface area contributed by atoms with Gasteiger partial charge in [0.05, 0.1) is 11.6 Å². The maximum absolute atomic E-state index is 12.6. The maximum atomic E-state index is 12.6. The van der Waals surface area contributed by atoms with Crippen LogP contribution in [0.1, 0.15) is 30.3 Å². The molecule has 0 aromatic carbocycles. The van der Waals surface area contributed by atoms with Gasteiger partial charge >= 0.3 is 0 Å². The van der Waals surface area contributed by atoms with Crippen molar-refractivity contribution in [1.82, 2.24) is 9.88 Å². The minimum absolute atomic E-state index is 0.0984. The number of carbonyl (C=O) groups is 1. The van der Waals surface area contributed by atoms with E-state index in [9.17, 15) is 4.79 Å². The van der Waals surface area contributed by atoms with E-state index in [4.69, 9.17) is 16.3 Å². The van der Waals surface area contributed by atoms with Crippen LogP contribution in [0.15, 0.2) is 12.1 Å². The summed E-state index contributed by atoms with van der Waals surface area (Å²) in [4.78, 5) is 18.7. The van der Waals surface area contributed by atoms with Crippen LogP contribution >= 0.6 is 11.6 Å². The fraction of sp³-hybridized carbons (Fsp3) is 0.600. The molecule has 0 saturated carbocycles. The lowest BCUT2D eigenvalue weighted by Crippen LogP contribution is -2.30. The van der Waals surface area contributed by atoms with Crippen molar-refractivity contribution in [2.24, 2.45) is 5.92 Å². The number of halogens is 1. The number of hydrogen-bond donors (Lipinski definition) is 1. The van der Waals surface area contributed by atoms with Gasteiger partial charge in [0.25, 0.3) is 5.91 Å². The van der Waals surface area contributed by atoms with E-state index in [0.717, 1.165) is 25.9 Å². The number of nitrogens with zero attached hydrogens (tertiary/aromatic N) is 2. The molecule has 1 fully saturated rings. The number of carbonyl (C=O) groups excluding carboxylic acids is 1. The quantitative estimate of drug-likeness (QED) is 0.877. The summed E-state index contributed by atoms with van der Waals surface area (Å²) >= 11 is 6.14. The lowest BCUT2D eigenvalue weighted by atomic mass is 10.1. The zero-order valence-corrected chi connectivity index (χ0v) is 13.3. The Labute approximate surface area is 130 Å². The van der Waals surface area contributed by atoms with Gasteiger partial charge in [-0.25, -0.2) is 4.98 Å². The molecule has 2 heterocycles. The molecule has 1 unspecified atom stereocenters. The molecule has 1 aliphatic rings. The van der Waals surface area contributed by atoms with Crippen molar-refractivity contribution in [1.29, 1.82) is 0 Å². The van der Waals surface area contributed by atoms with Gasteiger partial charge in [-0.3, -0.25) is 4.79 Å². The zero-order valence-electron chi connectivity index (χ0n) is 12.6. The highest BCUT2D eigenvalue weighted by molar-refractivity contribution is 6.33. The Balaban J connectivity index is 2.08. The third kappa shape index (κ3) is 4.08. The molecule has 6 heteroatoms. The molecule has 0 bridgehead atoms. The number of nitrogens with one attached hydrogen (secondary N) is 1. The highest BCUT2D eigenvalue weighted by atomic mass is 35.5. The van der Waals surface area contributed by atoms with Crippen molar-refractivity contribution in [3.05, 3.63) is 22.8 Å². The summed E-state index contributed by atoms with van der Waals surface area (Å²) in [6, 6.07) is 3.52. The van der Waals surface area contributed by atoms with Gasteiger partial charge in [-0.2, -0.15) is 0 Å². The third-order valence-electron chi connectivity index (χ3n) is 3.58. The van der Waals surface area contributed by atoms with Crippen LogP contribution in [0.2, 0.25) is 5.02 Å². The van der Waals surface area contributed by atoms with E-state index in [1.807, 2.05) is 4.90 Å². The number of amides is 1. The fourth-order valence-corrected chi connectivity index (χ4v) is 2.67. The smallest absolute Gasteiger partial charge is 0.274 e. The Morgan fingerprint density at radius 2 is 2.38 bits per heavy atom. The zero-order chi connectivity index (χ0) is 15.2. The molecule has 1 aliphatic heterocycles. The van der Waals surface area contributed by atoms with Gasteiger partial charge in [0.1, 0.15) is 11.5 Å². The van der Waals surface area contributed by atoms with Crippen LogP contribution in [-0.2, 0) is 4.74 Å². The largest absolute Gasteiger partial charge is 0.384 e. The molecule has 0 radical (unpaired) electrons. The third-order valence-corrected chi connectivity index (χ3v) is 3.89. The number of likely N-dealkylation sites (tertiary alicyclic amines) is 1. The number of aromatic nitrogens is 1. The number of ether oxygens (including phenoxy) is 1. The second-order valence-corrected chi connectivity index (χ2v) is 5.72. The summed E-state index contributed by atoms with van der Waals surface area (Å²) in [5.41, 5.74) is 0.329. The van der Waals surface area contributed by atoms with E-state index >= 15 is 0 Å². The van der Waals surface area contributed by atoms with E-state index in [2.05, 4.69) is 17.2 Å². The van der Waals surface area contributed by atoms with Gasteiger partial charge in [0, 0.05) is 32.7 Å². The number of rotatable bonds is 6. The topological polar surface area (TPSA) is 54.5 Å². The highest BCUT2D eigenvalue weighted by Crippen LogP contribution is 2.23. The molecule has 21 heavy (non-hydrogen) atoms. The van der Waals surface area contributed by atoms with Gasteiger partial charge in [0.15, 0.2) is 0 Å². The molecule has 116 valence electrons. The molecule has 1 aromatic heterocycles. The molecule has 1 aromatic rings. The summed E-state index contributed by atoms with van der Waals surface area (Å²) in [5, 5.41) is 3.58. The molecule has 0 spiro atoms. The fourth-order valence-electron chi connectivity index (χ4n) is 2.48. The lowest BCUT2D eigenvalue weighted by Gasteiger charge is -2.17. The summed E-state index contributed by atoms with van der Waals surface area (Å²) in [5.74, 6) is 0.995. The number of methoxy groups -OCH3 is 1. The van der Waals surface area contributed by atoms with E-state index < -0.39 is 0 Å². The normalized spacial score (nSPS) is 18.0. The monoisotopic (exact) mass is 311 g/mol. The lowest BCUT2D eigenvalue weighted by molar-refractivity contribution is 0.0770. The molecular formula is C15H22ClN3O2. The summed E-state index contributed by atoms with van der Waals surface area (Å²) in [7, 11) is 1.69. The molecule has 5 nitrogen and oxygen atoms in total. The first kappa shape index (κ1) is 16.0. The standard InChI is InChI=1S/C15H22ClN3O2/c1-3-7-17-13-5-4-12(16)14(18-13)15(20)19-8-6-11(9-19)10-21-2/h4-5,11H,3,6-10H2,1-2H3,(H,17,18). The van der Waals surface area contributed by atoms with Gasteiger partial charge in [-0.1, -0.05) is 18.5 Å². The molecule has 2 rings (SSSR count). The number of hydrogen-bond acceptors (Lipinski definition) is 4. The average Bonchev–Trinajstić information content (AvgIpc) is 2.95. The molecular weight excluding hydrogens is 290 g/mol. The number of anilines is 1. The summed E-state index contributed by atoms with van der Waals surface area (Å²) in [6.45, 7) is 5.02. The van der Waals surface area contributed by atoms with Gasteiger partial charge in [0.2, 0.25) is 0 Å². The van der Waals surface area contributed by atoms with Crippen LogP contribution < -0.4 is 5.32 Å². The Morgan fingerprint density at radius 3 is 3.10 bits per heavy atom. The van der Waals surface area contributed by atoms with Crippen molar-refractivity contribution < 1.29 is 9.53 Å². The predicted molar refractivity (Wildman–Crippen MR) is 83.9 cm³/mol. The van der Waals surface area contributed by atoms with E-state index in [1.165, 1.54) is 0 Å². The summed E-state index contributed by atoms with van der Waals surface area (Å²) < 4.78 is 5.16. The Kier molecular flexibility index (Phi) is 5.82. The van der Waals surface area contributed by atoms with Crippen molar-refractivity contribution >= 4 is 23.3 Å². The van der Waals surface area contributed by atoms with Crippen molar-refractivity contribution in [2.75, 3.05) is 38.7 Å². The molecule has 1 atom stereocenters. The van der Waals surface area contributed by atoms with E-state index in [0.29, 0.717) is 35.6 Å². The second-order valence-electron chi connectivity index (χ2n) is 5.31. The van der Waals surface area contributed by atoms with Crippen molar-refractivity contribution in [3.63, 3.8) is 0 Å². The van der Waals surface area contributed by atoms with Crippen molar-refractivity contribution in [3.8, 4) is 0 Å². The molecule has 1 N–H and O–H groups in total. The van der Waals surface area contributed by atoms with E-state index in [-0.39, 0.29) is 5.91 Å². The van der Waals surface area contributed by atoms with Gasteiger partial charge in [-0.05, 0) is 25.0 Å². The number of pyridine rings is 1.